The molecule has 0 aliphatic carbocycles. The Labute approximate surface area is 87.4 Å². The predicted octanol–water partition coefficient (Wildman–Crippen LogP) is 2.05. The van der Waals surface area contributed by atoms with Crippen molar-refractivity contribution < 1.29 is 22.0 Å². The van der Waals surface area contributed by atoms with Crippen molar-refractivity contribution in [2.75, 3.05) is 7.11 Å². The van der Waals surface area contributed by atoms with Gasteiger partial charge in [0, 0.05) is 0 Å². The molecule has 0 spiro atoms. The molecule has 0 bridgehead atoms. The van der Waals surface area contributed by atoms with Crippen molar-refractivity contribution >= 4 is 28.5 Å². The zero-order valence-electron chi connectivity index (χ0n) is 6.79. The number of methoxy groups -OCH3 is 1. The Hall–Kier alpha value is 0.0434. The number of benzene rings is 1. The molecule has 0 radical (unpaired) electrons. The SMILES string of the molecule is CO[C](=O)[Zn]([I])[c]1ccccc1. The van der Waals surface area contributed by atoms with Crippen molar-refractivity contribution in [1.82, 2.24) is 0 Å². The van der Waals surface area contributed by atoms with Gasteiger partial charge in [-0.1, -0.05) is 0 Å². The average molecular weight is 328 g/mol. The van der Waals surface area contributed by atoms with Gasteiger partial charge in [0.25, 0.3) is 0 Å². The number of carbonyl (C=O) groups excluding carboxylic acids is 1. The molecule has 1 aromatic carbocycles. The van der Waals surface area contributed by atoms with Crippen LogP contribution in [0, 0.1) is 0 Å². The first-order valence-electron chi connectivity index (χ1n) is 3.70. The van der Waals surface area contributed by atoms with Gasteiger partial charge >= 0.3 is 87.9 Å². The topological polar surface area (TPSA) is 26.3 Å². The molecule has 1 aromatic rings. The van der Waals surface area contributed by atoms with Crippen LogP contribution in [-0.2, 0) is 17.2 Å². The van der Waals surface area contributed by atoms with Gasteiger partial charge in [-0.3, -0.25) is 0 Å². The molecule has 0 saturated heterocycles. The molecule has 0 aliphatic rings. The third kappa shape index (κ3) is 2.52. The first-order chi connectivity index (χ1) is 5.75. The standard InChI is InChI=1S/C6H5.C2H3O2.HI.Zn/c1-2-4-6-5-3-1;1-4-2-3;;/h1-5H;1H3;1H;/q;;;+1/p-1. The zero-order chi connectivity index (χ0) is 8.97. The summed E-state index contributed by atoms with van der Waals surface area (Å²) in [4.78, 5) is 11.2. The van der Waals surface area contributed by atoms with E-state index < -0.39 is 12.4 Å². The summed E-state index contributed by atoms with van der Waals surface area (Å²) in [5.74, 6) is 0. The van der Waals surface area contributed by atoms with Crippen LogP contribution in [0.15, 0.2) is 30.3 Å². The minimum atomic E-state index is -2.22. The molecule has 0 aliphatic heterocycles. The molecule has 4 heteroatoms. The Morgan fingerprint density at radius 3 is 2.50 bits per heavy atom. The molecule has 0 fully saturated rings. The van der Waals surface area contributed by atoms with Gasteiger partial charge < -0.3 is 0 Å². The molecule has 0 heterocycles. The van der Waals surface area contributed by atoms with Crippen LogP contribution >= 0.6 is 19.8 Å². The number of carbonyl (C=O) groups is 1. The van der Waals surface area contributed by atoms with Gasteiger partial charge in [0.2, 0.25) is 0 Å². The number of ether oxygens (including phenoxy) is 1. The molecule has 0 atom stereocenters. The van der Waals surface area contributed by atoms with Crippen molar-refractivity contribution in [2.24, 2.45) is 0 Å². The minimum absolute atomic E-state index is 0.00167. The maximum absolute atomic E-state index is 11.2. The summed E-state index contributed by atoms with van der Waals surface area (Å²) in [6, 6.07) is 9.88. The Bertz CT molecular complexity index is 263. The van der Waals surface area contributed by atoms with E-state index in [1.165, 1.54) is 11.3 Å². The van der Waals surface area contributed by atoms with Crippen LogP contribution in [0.2, 0.25) is 0 Å². The van der Waals surface area contributed by atoms with Crippen molar-refractivity contribution in [3.05, 3.63) is 30.3 Å². The van der Waals surface area contributed by atoms with E-state index in [1.54, 1.807) is 0 Å². The molecule has 0 amide bonds. The van der Waals surface area contributed by atoms with Gasteiger partial charge in [-0.25, -0.2) is 0 Å². The Morgan fingerprint density at radius 1 is 1.42 bits per heavy atom. The fourth-order valence-corrected chi connectivity index (χ4v) is 7.91. The van der Waals surface area contributed by atoms with Gasteiger partial charge in [0.05, 0.1) is 0 Å². The predicted molar refractivity (Wildman–Crippen MR) is 52.5 cm³/mol. The van der Waals surface area contributed by atoms with E-state index in [4.69, 9.17) is 4.74 Å². The van der Waals surface area contributed by atoms with Crippen LogP contribution in [0.1, 0.15) is 0 Å². The van der Waals surface area contributed by atoms with Crippen LogP contribution in [0.5, 0.6) is 0 Å². The molecule has 61 valence electrons. The number of halogens is 1. The summed E-state index contributed by atoms with van der Waals surface area (Å²) in [7, 11) is 1.45. The van der Waals surface area contributed by atoms with Crippen LogP contribution in [0.4, 0.5) is 4.79 Å². The van der Waals surface area contributed by atoms with E-state index in [0.29, 0.717) is 0 Å². The normalized spacial score (nSPS) is 9.17. The fourth-order valence-electron chi connectivity index (χ4n) is 0.978. The Morgan fingerprint density at radius 2 is 2.00 bits per heavy atom. The van der Waals surface area contributed by atoms with Crippen LogP contribution < -0.4 is 4.16 Å². The Balaban J connectivity index is 2.78. The second-order valence-corrected chi connectivity index (χ2v) is 15.2. The fraction of sp³-hybridized carbons (Fsp3) is 0.125. The van der Waals surface area contributed by atoms with E-state index in [1.807, 2.05) is 30.3 Å². The summed E-state index contributed by atoms with van der Waals surface area (Å²) >= 11 is 0.0488. The molecule has 0 saturated carbocycles. The first-order valence-corrected chi connectivity index (χ1v) is 15.7. The molecule has 1 rings (SSSR count). The van der Waals surface area contributed by atoms with Gasteiger partial charge in [0.1, 0.15) is 0 Å². The van der Waals surface area contributed by atoms with Gasteiger partial charge in [0.15, 0.2) is 0 Å². The van der Waals surface area contributed by atoms with Crippen LogP contribution in [-0.4, -0.2) is 11.7 Å². The summed E-state index contributed by atoms with van der Waals surface area (Å²) in [6.07, 6.45) is 0. The third-order valence-corrected chi connectivity index (χ3v) is 13.7. The van der Waals surface area contributed by atoms with Gasteiger partial charge in [-0.2, -0.15) is 0 Å². The van der Waals surface area contributed by atoms with Crippen molar-refractivity contribution in [3.63, 3.8) is 0 Å². The van der Waals surface area contributed by atoms with E-state index in [9.17, 15) is 4.79 Å². The third-order valence-electron chi connectivity index (χ3n) is 1.68. The number of rotatable bonds is 2. The molecule has 0 N–H and O–H groups in total. The second kappa shape index (κ2) is 4.92. The zero-order valence-corrected chi connectivity index (χ0v) is 11.9. The number of hydrogen-bond donors (Lipinski definition) is 0. The molecule has 2 nitrogen and oxygen atoms in total. The summed E-state index contributed by atoms with van der Waals surface area (Å²) in [5, 5.41) is 0. The second-order valence-electron chi connectivity index (χ2n) is 2.51. The van der Waals surface area contributed by atoms with Crippen molar-refractivity contribution in [1.29, 1.82) is 0 Å². The summed E-state index contributed by atoms with van der Waals surface area (Å²) < 4.78 is 5.90. The van der Waals surface area contributed by atoms with Crippen molar-refractivity contribution in [3.8, 4) is 0 Å². The van der Waals surface area contributed by atoms with Gasteiger partial charge in [-0.05, 0) is 0 Å². The molecule has 0 unspecified atom stereocenters. The van der Waals surface area contributed by atoms with Crippen molar-refractivity contribution in [2.45, 2.75) is 0 Å². The van der Waals surface area contributed by atoms with E-state index in [0.717, 1.165) is 0 Å². The summed E-state index contributed by atoms with van der Waals surface area (Å²) in [5.41, 5.74) is 0. The monoisotopic (exact) mass is 327 g/mol. The van der Waals surface area contributed by atoms with Crippen LogP contribution in [0.25, 0.3) is 0 Å². The number of hydrogen-bond acceptors (Lipinski definition) is 2. The van der Waals surface area contributed by atoms with Crippen LogP contribution in [0.3, 0.4) is 0 Å². The molecular formula is C8H8IO2Zn. The van der Waals surface area contributed by atoms with Gasteiger partial charge in [-0.15, -0.1) is 0 Å². The molecular weight excluding hydrogens is 320 g/mol. The quantitative estimate of drug-likeness (QED) is 0.613. The van der Waals surface area contributed by atoms with E-state index in [2.05, 4.69) is 19.8 Å². The van der Waals surface area contributed by atoms with E-state index >= 15 is 0 Å². The summed E-state index contributed by atoms with van der Waals surface area (Å²) in [6.45, 7) is 0. The van der Waals surface area contributed by atoms with E-state index in [-0.39, 0.29) is 4.56 Å². The maximum atomic E-state index is 11.2. The molecule has 0 aromatic heterocycles. The Kier molecular flexibility index (Phi) is 4.15. The first kappa shape index (κ1) is 10.1. The molecule has 12 heavy (non-hydrogen) atoms. The average Bonchev–Trinajstić information content (AvgIpc) is 2.17.